The molecule has 24 heavy (non-hydrogen) atoms. The van der Waals surface area contributed by atoms with E-state index in [0.29, 0.717) is 12.8 Å². The molecule has 8 heteroatoms. The minimum Gasteiger partial charge on any atom is -0.464 e. The third kappa shape index (κ3) is 8.03. The quantitative estimate of drug-likeness (QED) is 0.255. The highest BCUT2D eigenvalue weighted by atomic mass is 32.2. The molecule has 0 heterocycles. The second kappa shape index (κ2) is 10.5. The number of hydrogen-bond donors (Lipinski definition) is 0. The van der Waals surface area contributed by atoms with Gasteiger partial charge in [-0.3, -0.25) is 4.79 Å². The van der Waals surface area contributed by atoms with Crippen molar-refractivity contribution in [2.45, 2.75) is 76.6 Å². The first-order chi connectivity index (χ1) is 11.0. The van der Waals surface area contributed by atoms with Crippen LogP contribution in [-0.2, 0) is 9.53 Å². The maximum absolute atomic E-state index is 13.2. The zero-order chi connectivity index (χ0) is 19.0. The van der Waals surface area contributed by atoms with Gasteiger partial charge in [0.15, 0.2) is 0 Å². The highest BCUT2D eigenvalue weighted by Gasteiger charge is 2.45. The Morgan fingerprint density at radius 1 is 1.17 bits per heavy atom. The van der Waals surface area contributed by atoms with E-state index in [0.717, 1.165) is 11.8 Å². The number of halogens is 5. The summed E-state index contributed by atoms with van der Waals surface area (Å²) in [6.07, 6.45) is -7.09. The van der Waals surface area contributed by atoms with Gasteiger partial charge in [0.2, 0.25) is 6.17 Å². The fourth-order valence-corrected chi connectivity index (χ4v) is 3.30. The smallest absolute Gasteiger partial charge is 0.321 e. The average Bonchev–Trinajstić information content (AvgIpc) is 2.48. The zero-order valence-corrected chi connectivity index (χ0v) is 15.4. The van der Waals surface area contributed by atoms with Crippen LogP contribution >= 0.6 is 11.8 Å². The molecule has 0 aromatic rings. The van der Waals surface area contributed by atoms with Gasteiger partial charge in [0, 0.05) is 6.42 Å². The van der Waals surface area contributed by atoms with Crippen LogP contribution in [0.5, 0.6) is 0 Å². The lowest BCUT2D eigenvalue weighted by Gasteiger charge is -2.27. The maximum Gasteiger partial charge on any atom is 0.321 e. The molecule has 0 bridgehead atoms. The predicted octanol–water partition coefficient (Wildman–Crippen LogP) is 5.50. The normalized spacial score (nSPS) is 16.3. The largest absolute Gasteiger partial charge is 0.464 e. The minimum absolute atomic E-state index is 0.138. The molecule has 0 aliphatic heterocycles. The lowest BCUT2D eigenvalue weighted by Crippen LogP contribution is -2.36. The molecule has 0 saturated carbocycles. The van der Waals surface area contributed by atoms with E-state index in [2.05, 4.69) is 0 Å². The second-order valence-electron chi connectivity index (χ2n) is 6.42. The van der Waals surface area contributed by atoms with Crippen LogP contribution in [-0.4, -0.2) is 41.6 Å². The Bertz CT molecular complexity index is 379. The van der Waals surface area contributed by atoms with Gasteiger partial charge in [-0.25, -0.2) is 22.0 Å². The molecule has 0 aliphatic rings. The van der Waals surface area contributed by atoms with E-state index in [-0.39, 0.29) is 24.7 Å². The summed E-state index contributed by atoms with van der Waals surface area (Å²) in [6.45, 7) is 7.64. The summed E-state index contributed by atoms with van der Waals surface area (Å²) in [7, 11) is 0. The molecule has 0 spiro atoms. The Morgan fingerprint density at radius 3 is 2.21 bits per heavy atom. The Morgan fingerprint density at radius 2 is 1.75 bits per heavy atom. The lowest BCUT2D eigenvalue weighted by atomic mass is 10.1. The van der Waals surface area contributed by atoms with Gasteiger partial charge in [-0.2, -0.15) is 0 Å². The molecule has 0 aromatic heterocycles. The first kappa shape index (κ1) is 23.5. The molecule has 0 amide bonds. The van der Waals surface area contributed by atoms with Gasteiger partial charge in [-0.05, 0) is 31.4 Å². The van der Waals surface area contributed by atoms with Crippen molar-refractivity contribution in [1.82, 2.24) is 0 Å². The first-order valence-electron chi connectivity index (χ1n) is 8.07. The number of rotatable bonds is 12. The molecule has 2 unspecified atom stereocenters. The number of carbonyl (C=O) groups is 1. The first-order valence-corrected chi connectivity index (χ1v) is 9.06. The van der Waals surface area contributed by atoms with Crippen LogP contribution in [0.1, 0.15) is 53.4 Å². The van der Waals surface area contributed by atoms with E-state index in [1.165, 1.54) is 0 Å². The second-order valence-corrected chi connectivity index (χ2v) is 8.02. The van der Waals surface area contributed by atoms with Crippen molar-refractivity contribution in [3.05, 3.63) is 0 Å². The molecule has 0 fully saturated rings. The minimum atomic E-state index is -4.06. The fraction of sp³-hybridized carbons (Fsp3) is 0.938. The van der Waals surface area contributed by atoms with Crippen molar-refractivity contribution in [3.63, 3.8) is 0 Å². The van der Waals surface area contributed by atoms with Crippen LogP contribution in [0.4, 0.5) is 22.0 Å². The number of ether oxygens (including phenoxy) is 1. The van der Waals surface area contributed by atoms with Gasteiger partial charge in [-0.15, -0.1) is 11.8 Å². The van der Waals surface area contributed by atoms with E-state index in [4.69, 9.17) is 4.74 Å². The third-order valence-electron chi connectivity index (χ3n) is 3.41. The van der Waals surface area contributed by atoms with Crippen molar-refractivity contribution in [1.29, 1.82) is 0 Å². The summed E-state index contributed by atoms with van der Waals surface area (Å²) >= 11 is 1.15. The SMILES string of the molecule is CCCC(C)(SCCCC(F)(F)C(F)C(F)F)C(=O)OCC(C)C. The summed E-state index contributed by atoms with van der Waals surface area (Å²) in [5.74, 6) is -4.16. The molecule has 2 nitrogen and oxygen atoms in total. The summed E-state index contributed by atoms with van der Waals surface area (Å²) in [5.41, 5.74) is 0. The average molecular weight is 378 g/mol. The van der Waals surface area contributed by atoms with E-state index in [1.807, 2.05) is 20.8 Å². The van der Waals surface area contributed by atoms with Crippen molar-refractivity contribution in [3.8, 4) is 0 Å². The molecule has 0 radical (unpaired) electrons. The highest BCUT2D eigenvalue weighted by Crippen LogP contribution is 2.35. The molecule has 0 saturated heterocycles. The van der Waals surface area contributed by atoms with Gasteiger partial charge in [0.05, 0.1) is 6.61 Å². The molecule has 144 valence electrons. The van der Waals surface area contributed by atoms with Crippen LogP contribution < -0.4 is 0 Å². The van der Waals surface area contributed by atoms with Crippen LogP contribution in [0.25, 0.3) is 0 Å². The number of alkyl halides is 5. The molecule has 2 atom stereocenters. The standard InChI is InChI=1S/C16H27F5O2S/c1-5-7-15(4,14(22)23-10-11(2)3)24-9-6-8-16(20,21)12(17)13(18)19/h11-13H,5-10H2,1-4H3. The van der Waals surface area contributed by atoms with E-state index in [9.17, 15) is 26.7 Å². The van der Waals surface area contributed by atoms with Crippen LogP contribution in [0, 0.1) is 5.92 Å². The molecular weight excluding hydrogens is 351 g/mol. The third-order valence-corrected chi connectivity index (χ3v) is 4.91. The van der Waals surface area contributed by atoms with Gasteiger partial charge in [0.1, 0.15) is 4.75 Å². The van der Waals surface area contributed by atoms with E-state index in [1.54, 1.807) is 6.92 Å². The number of thioether (sulfide) groups is 1. The fourth-order valence-electron chi connectivity index (χ4n) is 2.03. The summed E-state index contributed by atoms with van der Waals surface area (Å²) in [5, 5.41) is 0. The van der Waals surface area contributed by atoms with Crippen molar-refractivity contribution in [2.75, 3.05) is 12.4 Å². The highest BCUT2D eigenvalue weighted by molar-refractivity contribution is 8.01. The number of carbonyl (C=O) groups excluding carboxylic acids is 1. The molecule has 0 aromatic carbocycles. The maximum atomic E-state index is 13.2. The molecule has 0 N–H and O–H groups in total. The van der Waals surface area contributed by atoms with Crippen LogP contribution in [0.2, 0.25) is 0 Å². The Balaban J connectivity index is 4.51. The van der Waals surface area contributed by atoms with Crippen molar-refractivity contribution < 1.29 is 31.5 Å². The van der Waals surface area contributed by atoms with E-state index >= 15 is 0 Å². The molecule has 0 rings (SSSR count). The molecular formula is C16H27F5O2S. The Kier molecular flexibility index (Phi) is 10.2. The van der Waals surface area contributed by atoms with Crippen molar-refractivity contribution in [2.24, 2.45) is 5.92 Å². The van der Waals surface area contributed by atoms with Crippen molar-refractivity contribution >= 4 is 17.7 Å². The Hall–Kier alpha value is -0.530. The van der Waals surface area contributed by atoms with Gasteiger partial charge < -0.3 is 4.74 Å². The van der Waals surface area contributed by atoms with Gasteiger partial charge in [0.25, 0.3) is 12.3 Å². The molecule has 0 aliphatic carbocycles. The summed E-state index contributed by atoms with van der Waals surface area (Å²) < 4.78 is 67.8. The monoisotopic (exact) mass is 378 g/mol. The summed E-state index contributed by atoms with van der Waals surface area (Å²) in [4.78, 5) is 12.2. The van der Waals surface area contributed by atoms with Gasteiger partial charge >= 0.3 is 5.97 Å². The van der Waals surface area contributed by atoms with Crippen LogP contribution in [0.3, 0.4) is 0 Å². The number of esters is 1. The van der Waals surface area contributed by atoms with Crippen LogP contribution in [0.15, 0.2) is 0 Å². The summed E-state index contributed by atoms with van der Waals surface area (Å²) in [6, 6.07) is 0. The lowest BCUT2D eigenvalue weighted by molar-refractivity contribution is -0.147. The zero-order valence-electron chi connectivity index (χ0n) is 14.6. The Labute approximate surface area is 144 Å². The predicted molar refractivity (Wildman–Crippen MR) is 86.6 cm³/mol. The van der Waals surface area contributed by atoms with E-state index < -0.39 is 35.7 Å². The number of hydrogen-bond acceptors (Lipinski definition) is 3. The topological polar surface area (TPSA) is 26.3 Å². The van der Waals surface area contributed by atoms with Gasteiger partial charge in [-0.1, -0.05) is 27.2 Å².